The Bertz CT molecular complexity index is 545. The lowest BCUT2D eigenvalue weighted by atomic mass is 10.1. The lowest BCUT2D eigenvalue weighted by Crippen LogP contribution is -2.04. The van der Waals surface area contributed by atoms with Gasteiger partial charge in [0.15, 0.2) is 0 Å². The van der Waals surface area contributed by atoms with E-state index in [1.807, 2.05) is 30.3 Å². The minimum atomic E-state index is -0.189. The second-order valence-electron chi connectivity index (χ2n) is 3.83. The van der Waals surface area contributed by atoms with Gasteiger partial charge in [-0.15, -0.1) is 0 Å². The van der Waals surface area contributed by atoms with Crippen LogP contribution in [0.3, 0.4) is 0 Å². The Morgan fingerprint density at radius 1 is 1.17 bits per heavy atom. The van der Waals surface area contributed by atoms with Crippen LogP contribution in [0.15, 0.2) is 56.7 Å². The van der Waals surface area contributed by atoms with Crippen LogP contribution in [0.5, 0.6) is 0 Å². The van der Waals surface area contributed by atoms with Crippen molar-refractivity contribution < 1.29 is 4.39 Å². The van der Waals surface area contributed by atoms with Gasteiger partial charge in [0, 0.05) is 9.37 Å². The summed E-state index contributed by atoms with van der Waals surface area (Å²) in [5.41, 5.74) is 6.52. The molecule has 0 spiro atoms. The van der Waals surface area contributed by atoms with E-state index >= 15 is 0 Å². The molecule has 0 aromatic heterocycles. The van der Waals surface area contributed by atoms with Gasteiger partial charge in [0.25, 0.3) is 0 Å². The van der Waals surface area contributed by atoms with Gasteiger partial charge >= 0.3 is 0 Å². The Hall–Kier alpha value is -0.840. The monoisotopic (exact) mass is 325 g/mol. The zero-order chi connectivity index (χ0) is 13.0. The summed E-state index contributed by atoms with van der Waals surface area (Å²) in [7, 11) is 0. The quantitative estimate of drug-likeness (QED) is 0.909. The molecular formula is C14H13BrFNS. The fourth-order valence-electron chi connectivity index (χ4n) is 1.67. The van der Waals surface area contributed by atoms with E-state index in [4.69, 9.17) is 5.73 Å². The van der Waals surface area contributed by atoms with Gasteiger partial charge in [-0.25, -0.2) is 4.39 Å². The first-order chi connectivity index (χ1) is 8.70. The summed E-state index contributed by atoms with van der Waals surface area (Å²) in [6, 6.07) is 13.0. The number of hydrogen-bond acceptors (Lipinski definition) is 2. The molecule has 94 valence electrons. The smallest absolute Gasteiger partial charge is 0.137 e. The number of nitrogens with two attached hydrogens (primary N) is 1. The van der Waals surface area contributed by atoms with Crippen LogP contribution in [-0.4, -0.2) is 6.54 Å². The zero-order valence-corrected chi connectivity index (χ0v) is 12.1. The van der Waals surface area contributed by atoms with E-state index in [9.17, 15) is 4.39 Å². The van der Waals surface area contributed by atoms with Crippen LogP contribution in [0.2, 0.25) is 0 Å². The standard InChI is InChI=1S/C14H13BrFNS/c15-11-4-2-5-12(9-11)18-14-10(7-8-17)3-1-6-13(14)16/h1-6,9H,7-8,17H2. The molecule has 0 aliphatic carbocycles. The molecule has 2 N–H and O–H groups in total. The predicted octanol–water partition coefficient (Wildman–Crippen LogP) is 4.24. The Morgan fingerprint density at radius 3 is 2.67 bits per heavy atom. The molecule has 0 atom stereocenters. The van der Waals surface area contributed by atoms with Crippen molar-refractivity contribution in [3.8, 4) is 0 Å². The second-order valence-corrected chi connectivity index (χ2v) is 5.83. The van der Waals surface area contributed by atoms with Crippen LogP contribution in [0.25, 0.3) is 0 Å². The molecule has 0 aliphatic heterocycles. The van der Waals surface area contributed by atoms with Gasteiger partial charge < -0.3 is 5.73 Å². The molecule has 0 bridgehead atoms. The summed E-state index contributed by atoms with van der Waals surface area (Å²) in [6.45, 7) is 0.523. The Labute approximate surface area is 119 Å². The summed E-state index contributed by atoms with van der Waals surface area (Å²) in [5, 5.41) is 0. The lowest BCUT2D eigenvalue weighted by molar-refractivity contribution is 0.597. The molecule has 0 heterocycles. The van der Waals surface area contributed by atoms with Crippen LogP contribution in [0.1, 0.15) is 5.56 Å². The van der Waals surface area contributed by atoms with Gasteiger partial charge in [-0.3, -0.25) is 0 Å². The molecular weight excluding hydrogens is 313 g/mol. The number of hydrogen-bond donors (Lipinski definition) is 1. The van der Waals surface area contributed by atoms with Gasteiger partial charge in [0.1, 0.15) is 5.82 Å². The predicted molar refractivity (Wildman–Crippen MR) is 77.4 cm³/mol. The number of benzene rings is 2. The van der Waals surface area contributed by atoms with Crippen molar-refractivity contribution in [2.24, 2.45) is 5.73 Å². The van der Waals surface area contributed by atoms with Gasteiger partial charge in [-0.2, -0.15) is 0 Å². The van der Waals surface area contributed by atoms with E-state index in [2.05, 4.69) is 15.9 Å². The van der Waals surface area contributed by atoms with Gasteiger partial charge in [-0.05, 0) is 42.8 Å². The molecule has 0 radical (unpaired) electrons. The molecule has 2 aromatic rings. The summed E-state index contributed by atoms with van der Waals surface area (Å²) in [5.74, 6) is -0.189. The summed E-state index contributed by atoms with van der Waals surface area (Å²) < 4.78 is 14.9. The van der Waals surface area contributed by atoms with Crippen LogP contribution < -0.4 is 5.73 Å². The van der Waals surface area contributed by atoms with Crippen molar-refractivity contribution in [1.82, 2.24) is 0 Å². The van der Waals surface area contributed by atoms with Crippen molar-refractivity contribution in [2.45, 2.75) is 16.2 Å². The normalized spacial score (nSPS) is 10.6. The van der Waals surface area contributed by atoms with Crippen molar-refractivity contribution >= 4 is 27.7 Å². The average molecular weight is 326 g/mol. The molecule has 2 aromatic carbocycles. The largest absolute Gasteiger partial charge is 0.330 e. The highest BCUT2D eigenvalue weighted by molar-refractivity contribution is 9.10. The summed E-state index contributed by atoms with van der Waals surface area (Å²) in [4.78, 5) is 1.67. The highest BCUT2D eigenvalue weighted by Crippen LogP contribution is 2.34. The number of rotatable bonds is 4. The third kappa shape index (κ3) is 3.34. The van der Waals surface area contributed by atoms with E-state index < -0.39 is 0 Å². The van der Waals surface area contributed by atoms with Crippen LogP contribution >= 0.6 is 27.7 Å². The first-order valence-electron chi connectivity index (χ1n) is 5.61. The Morgan fingerprint density at radius 2 is 1.94 bits per heavy atom. The fraction of sp³-hybridized carbons (Fsp3) is 0.143. The van der Waals surface area contributed by atoms with Crippen molar-refractivity contribution in [3.05, 3.63) is 58.3 Å². The van der Waals surface area contributed by atoms with E-state index in [0.29, 0.717) is 17.9 Å². The van der Waals surface area contributed by atoms with Crippen molar-refractivity contribution in [1.29, 1.82) is 0 Å². The molecule has 2 rings (SSSR count). The minimum Gasteiger partial charge on any atom is -0.330 e. The molecule has 0 unspecified atom stereocenters. The molecule has 0 fully saturated rings. The first-order valence-corrected chi connectivity index (χ1v) is 7.22. The van der Waals surface area contributed by atoms with E-state index in [1.165, 1.54) is 17.8 Å². The van der Waals surface area contributed by atoms with Crippen molar-refractivity contribution in [2.75, 3.05) is 6.54 Å². The fourth-order valence-corrected chi connectivity index (χ4v) is 3.25. The average Bonchev–Trinajstić information content (AvgIpc) is 2.34. The molecule has 0 saturated carbocycles. The second kappa shape index (κ2) is 6.36. The number of halogens is 2. The summed E-state index contributed by atoms with van der Waals surface area (Å²) >= 11 is 4.85. The van der Waals surface area contributed by atoms with Gasteiger partial charge in [0.05, 0.1) is 4.90 Å². The SMILES string of the molecule is NCCc1cccc(F)c1Sc1cccc(Br)c1. The van der Waals surface area contributed by atoms with Gasteiger partial charge in [-0.1, -0.05) is 45.9 Å². The van der Waals surface area contributed by atoms with E-state index in [1.54, 1.807) is 6.07 Å². The maximum Gasteiger partial charge on any atom is 0.137 e. The summed E-state index contributed by atoms with van der Waals surface area (Å²) in [6.07, 6.45) is 0.689. The van der Waals surface area contributed by atoms with Gasteiger partial charge in [0.2, 0.25) is 0 Å². The zero-order valence-electron chi connectivity index (χ0n) is 9.70. The third-order valence-electron chi connectivity index (χ3n) is 2.48. The minimum absolute atomic E-state index is 0.189. The van der Waals surface area contributed by atoms with Crippen LogP contribution in [-0.2, 0) is 6.42 Å². The molecule has 0 saturated heterocycles. The highest BCUT2D eigenvalue weighted by Gasteiger charge is 2.09. The molecule has 4 heteroatoms. The molecule has 0 aliphatic rings. The van der Waals surface area contributed by atoms with Crippen LogP contribution in [0.4, 0.5) is 4.39 Å². The highest BCUT2D eigenvalue weighted by atomic mass is 79.9. The maximum atomic E-state index is 13.9. The molecule has 18 heavy (non-hydrogen) atoms. The van der Waals surface area contributed by atoms with E-state index in [0.717, 1.165) is 14.9 Å². The van der Waals surface area contributed by atoms with E-state index in [-0.39, 0.29) is 5.82 Å². The first kappa shape index (κ1) is 13.6. The van der Waals surface area contributed by atoms with Crippen LogP contribution in [0, 0.1) is 5.82 Å². The third-order valence-corrected chi connectivity index (χ3v) is 4.12. The maximum absolute atomic E-state index is 13.9. The molecule has 0 amide bonds. The van der Waals surface area contributed by atoms with Crippen molar-refractivity contribution in [3.63, 3.8) is 0 Å². The Kier molecular flexibility index (Phi) is 4.80. The molecule has 1 nitrogen and oxygen atoms in total. The Balaban J connectivity index is 2.33. The topological polar surface area (TPSA) is 26.0 Å². The lowest BCUT2D eigenvalue weighted by Gasteiger charge is -2.09.